The second-order valence-corrected chi connectivity index (χ2v) is 4.10. The van der Waals surface area contributed by atoms with Crippen LogP contribution in [-0.4, -0.2) is 41.7 Å². The minimum atomic E-state index is -0.134. The summed E-state index contributed by atoms with van der Waals surface area (Å²) in [5.41, 5.74) is 1.19. The Labute approximate surface area is 94.9 Å². The third-order valence-electron chi connectivity index (χ3n) is 2.68. The summed E-state index contributed by atoms with van der Waals surface area (Å²) in [6.45, 7) is 1.87. The lowest BCUT2D eigenvalue weighted by atomic mass is 10.1. The molecule has 1 fully saturated rings. The standard InChI is InChI=1S/C12H16N2O2/c15-9-11-7-14(8-12(16)13-11)6-10-4-2-1-3-5-10/h1-5,11,15H,6-9H2,(H,13,16)/t11-/m1/s1. The van der Waals surface area contributed by atoms with E-state index in [9.17, 15) is 4.79 Å². The third kappa shape index (κ3) is 2.81. The Morgan fingerprint density at radius 1 is 1.38 bits per heavy atom. The van der Waals surface area contributed by atoms with Gasteiger partial charge < -0.3 is 10.4 Å². The van der Waals surface area contributed by atoms with Gasteiger partial charge in [-0.15, -0.1) is 0 Å². The van der Waals surface area contributed by atoms with E-state index in [4.69, 9.17) is 5.11 Å². The highest BCUT2D eigenvalue weighted by molar-refractivity contribution is 5.79. The predicted molar refractivity (Wildman–Crippen MR) is 60.7 cm³/mol. The molecule has 1 atom stereocenters. The molecule has 1 aliphatic heterocycles. The summed E-state index contributed by atoms with van der Waals surface area (Å²) >= 11 is 0. The SMILES string of the molecule is O=C1CN(Cc2ccccc2)C[C@H](CO)N1. The number of hydrogen-bond acceptors (Lipinski definition) is 3. The van der Waals surface area contributed by atoms with Crippen LogP contribution in [0.15, 0.2) is 30.3 Å². The van der Waals surface area contributed by atoms with E-state index in [1.807, 2.05) is 30.3 Å². The Kier molecular flexibility index (Phi) is 3.54. The van der Waals surface area contributed by atoms with Crippen LogP contribution in [0.1, 0.15) is 5.56 Å². The Balaban J connectivity index is 1.97. The lowest BCUT2D eigenvalue weighted by Gasteiger charge is -2.32. The number of hydrogen-bond donors (Lipinski definition) is 2. The van der Waals surface area contributed by atoms with E-state index < -0.39 is 0 Å². The molecule has 0 aliphatic carbocycles. The van der Waals surface area contributed by atoms with Gasteiger partial charge in [0.25, 0.3) is 0 Å². The summed E-state index contributed by atoms with van der Waals surface area (Å²) in [4.78, 5) is 13.4. The van der Waals surface area contributed by atoms with E-state index in [1.54, 1.807) is 0 Å². The summed E-state index contributed by atoms with van der Waals surface area (Å²) in [5, 5.41) is 11.8. The van der Waals surface area contributed by atoms with Gasteiger partial charge in [0.2, 0.25) is 5.91 Å². The molecule has 1 heterocycles. The molecule has 1 saturated heterocycles. The first-order chi connectivity index (χ1) is 7.78. The van der Waals surface area contributed by atoms with Crippen molar-refractivity contribution in [2.75, 3.05) is 19.7 Å². The monoisotopic (exact) mass is 220 g/mol. The average molecular weight is 220 g/mol. The highest BCUT2D eigenvalue weighted by atomic mass is 16.3. The van der Waals surface area contributed by atoms with Crippen LogP contribution in [-0.2, 0) is 11.3 Å². The second-order valence-electron chi connectivity index (χ2n) is 4.10. The maximum absolute atomic E-state index is 11.4. The van der Waals surface area contributed by atoms with Gasteiger partial charge in [-0.3, -0.25) is 9.69 Å². The molecule has 4 heteroatoms. The lowest BCUT2D eigenvalue weighted by Crippen LogP contribution is -2.55. The van der Waals surface area contributed by atoms with E-state index in [1.165, 1.54) is 5.56 Å². The number of carbonyl (C=O) groups is 1. The Morgan fingerprint density at radius 2 is 2.12 bits per heavy atom. The van der Waals surface area contributed by atoms with Crippen molar-refractivity contribution in [1.29, 1.82) is 0 Å². The van der Waals surface area contributed by atoms with Crippen molar-refractivity contribution >= 4 is 5.91 Å². The first kappa shape index (κ1) is 11.1. The van der Waals surface area contributed by atoms with E-state index >= 15 is 0 Å². The molecule has 2 N–H and O–H groups in total. The second kappa shape index (κ2) is 5.09. The maximum Gasteiger partial charge on any atom is 0.234 e. The van der Waals surface area contributed by atoms with Crippen LogP contribution in [0.25, 0.3) is 0 Å². The fraction of sp³-hybridized carbons (Fsp3) is 0.417. The van der Waals surface area contributed by atoms with Crippen LogP contribution in [0.2, 0.25) is 0 Å². The molecule has 0 spiro atoms. The van der Waals surface area contributed by atoms with E-state index in [0.717, 1.165) is 6.54 Å². The minimum absolute atomic E-state index is 0.00295. The van der Waals surface area contributed by atoms with Crippen LogP contribution in [0.3, 0.4) is 0 Å². The molecular formula is C12H16N2O2. The first-order valence-corrected chi connectivity index (χ1v) is 5.44. The Morgan fingerprint density at radius 3 is 2.81 bits per heavy atom. The summed E-state index contributed by atoms with van der Waals surface area (Å²) in [6.07, 6.45) is 0. The molecule has 0 radical (unpaired) electrons. The molecular weight excluding hydrogens is 204 g/mol. The van der Waals surface area contributed by atoms with Crippen molar-refractivity contribution in [2.45, 2.75) is 12.6 Å². The molecule has 0 unspecified atom stereocenters. The first-order valence-electron chi connectivity index (χ1n) is 5.44. The van der Waals surface area contributed by atoms with Gasteiger partial charge in [0.05, 0.1) is 19.2 Å². The van der Waals surface area contributed by atoms with Gasteiger partial charge >= 0.3 is 0 Å². The smallest absolute Gasteiger partial charge is 0.234 e. The van der Waals surface area contributed by atoms with Gasteiger partial charge in [0.1, 0.15) is 0 Å². The number of carbonyl (C=O) groups excluding carboxylic acids is 1. The number of amides is 1. The molecule has 16 heavy (non-hydrogen) atoms. The van der Waals surface area contributed by atoms with Crippen LogP contribution >= 0.6 is 0 Å². The van der Waals surface area contributed by atoms with Crippen molar-refractivity contribution in [3.8, 4) is 0 Å². The van der Waals surface area contributed by atoms with Crippen molar-refractivity contribution < 1.29 is 9.90 Å². The molecule has 1 aromatic rings. The van der Waals surface area contributed by atoms with Crippen molar-refractivity contribution in [3.63, 3.8) is 0 Å². The normalized spacial score (nSPS) is 21.8. The van der Waals surface area contributed by atoms with Gasteiger partial charge in [0.15, 0.2) is 0 Å². The quantitative estimate of drug-likeness (QED) is 0.752. The number of benzene rings is 1. The van der Waals surface area contributed by atoms with E-state index in [2.05, 4.69) is 10.2 Å². The molecule has 0 bridgehead atoms. The molecule has 0 saturated carbocycles. The molecule has 2 rings (SSSR count). The summed E-state index contributed by atoms with van der Waals surface area (Å²) in [5.74, 6) is -0.0127. The molecule has 1 aromatic carbocycles. The topological polar surface area (TPSA) is 52.6 Å². The molecule has 86 valence electrons. The van der Waals surface area contributed by atoms with Crippen LogP contribution in [0.4, 0.5) is 0 Å². The Hall–Kier alpha value is -1.39. The largest absolute Gasteiger partial charge is 0.394 e. The summed E-state index contributed by atoms with van der Waals surface area (Å²) in [7, 11) is 0. The van der Waals surface area contributed by atoms with Gasteiger partial charge in [-0.25, -0.2) is 0 Å². The van der Waals surface area contributed by atoms with Gasteiger partial charge in [-0.05, 0) is 5.56 Å². The zero-order valence-corrected chi connectivity index (χ0v) is 9.10. The van der Waals surface area contributed by atoms with Crippen molar-refractivity contribution in [3.05, 3.63) is 35.9 Å². The van der Waals surface area contributed by atoms with Crippen LogP contribution in [0.5, 0.6) is 0 Å². The Bertz CT molecular complexity index is 353. The molecule has 4 nitrogen and oxygen atoms in total. The highest BCUT2D eigenvalue weighted by Crippen LogP contribution is 2.07. The van der Waals surface area contributed by atoms with Crippen LogP contribution < -0.4 is 5.32 Å². The number of rotatable bonds is 3. The number of nitrogens with zero attached hydrogens (tertiary/aromatic N) is 1. The summed E-state index contributed by atoms with van der Waals surface area (Å²) < 4.78 is 0. The van der Waals surface area contributed by atoms with Crippen LogP contribution in [0, 0.1) is 0 Å². The predicted octanol–water partition coefficient (Wildman–Crippen LogP) is -0.0207. The van der Waals surface area contributed by atoms with Gasteiger partial charge in [-0.1, -0.05) is 30.3 Å². The minimum Gasteiger partial charge on any atom is -0.394 e. The molecule has 1 amide bonds. The maximum atomic E-state index is 11.4. The zero-order valence-electron chi connectivity index (χ0n) is 9.10. The fourth-order valence-electron chi connectivity index (χ4n) is 1.96. The van der Waals surface area contributed by atoms with E-state index in [-0.39, 0.29) is 18.6 Å². The van der Waals surface area contributed by atoms with Crippen molar-refractivity contribution in [2.24, 2.45) is 0 Å². The average Bonchev–Trinajstić information content (AvgIpc) is 2.29. The number of aliphatic hydroxyl groups is 1. The number of aliphatic hydroxyl groups excluding tert-OH is 1. The van der Waals surface area contributed by atoms with E-state index in [0.29, 0.717) is 13.1 Å². The van der Waals surface area contributed by atoms with Gasteiger partial charge in [0, 0.05) is 13.1 Å². The zero-order chi connectivity index (χ0) is 11.4. The number of nitrogens with one attached hydrogen (secondary N) is 1. The lowest BCUT2D eigenvalue weighted by molar-refractivity contribution is -0.126. The van der Waals surface area contributed by atoms with Gasteiger partial charge in [-0.2, -0.15) is 0 Å². The molecule has 0 aromatic heterocycles. The highest BCUT2D eigenvalue weighted by Gasteiger charge is 2.23. The fourth-order valence-corrected chi connectivity index (χ4v) is 1.96. The summed E-state index contributed by atoms with van der Waals surface area (Å²) in [6, 6.07) is 9.90. The number of piperazine rings is 1. The van der Waals surface area contributed by atoms with Crippen molar-refractivity contribution in [1.82, 2.24) is 10.2 Å². The third-order valence-corrected chi connectivity index (χ3v) is 2.68. The molecule has 1 aliphatic rings.